The third-order valence-corrected chi connectivity index (χ3v) is 5.17. The van der Waals surface area contributed by atoms with E-state index in [2.05, 4.69) is 4.74 Å². The Labute approximate surface area is 152 Å². The Morgan fingerprint density at radius 2 is 1.62 bits per heavy atom. The summed E-state index contributed by atoms with van der Waals surface area (Å²) < 4.78 is 57.4. The molecule has 1 fully saturated rings. The van der Waals surface area contributed by atoms with Crippen LogP contribution in [0.15, 0.2) is 12.1 Å². The molecular weight excluding hydrogens is 348 g/mol. The van der Waals surface area contributed by atoms with Crippen LogP contribution in [0.4, 0.5) is 13.2 Å². The van der Waals surface area contributed by atoms with Gasteiger partial charge < -0.3 is 14.0 Å². The topological polar surface area (TPSA) is 44.8 Å². The Bertz CT molecular complexity index is 663. The summed E-state index contributed by atoms with van der Waals surface area (Å²) in [6.07, 6.45) is 0.412. The molecule has 0 amide bonds. The maximum absolute atomic E-state index is 14.1. The smallest absolute Gasteiger partial charge is 0.461 e. The molecule has 0 saturated carbocycles. The predicted octanol–water partition coefficient (Wildman–Crippen LogP) is 4.06. The van der Waals surface area contributed by atoms with Crippen molar-refractivity contribution in [2.24, 2.45) is 0 Å². The van der Waals surface area contributed by atoms with Crippen LogP contribution in [0.1, 0.15) is 46.1 Å². The lowest BCUT2D eigenvalue weighted by atomic mass is 9.66. The Kier molecular flexibility index (Phi) is 6.07. The van der Waals surface area contributed by atoms with E-state index in [0.717, 1.165) is 6.07 Å². The van der Waals surface area contributed by atoms with Gasteiger partial charge in [0.25, 0.3) is 0 Å². The third-order valence-electron chi connectivity index (χ3n) is 5.17. The highest BCUT2D eigenvalue weighted by atomic mass is 19.2. The van der Waals surface area contributed by atoms with E-state index in [1.807, 2.05) is 27.7 Å². The number of rotatable bonds is 6. The van der Waals surface area contributed by atoms with E-state index in [-0.39, 0.29) is 18.4 Å². The summed E-state index contributed by atoms with van der Waals surface area (Å²) in [5, 5.41) is 0. The second-order valence-corrected chi connectivity index (χ2v) is 7.56. The molecule has 0 radical (unpaired) electrons. The molecule has 8 heteroatoms. The monoisotopic (exact) mass is 372 g/mol. The zero-order valence-electron chi connectivity index (χ0n) is 15.7. The van der Waals surface area contributed by atoms with Crippen LogP contribution in [0.25, 0.3) is 0 Å². The summed E-state index contributed by atoms with van der Waals surface area (Å²) >= 11 is 0. The van der Waals surface area contributed by atoms with Gasteiger partial charge in [-0.05, 0) is 58.0 Å². The van der Waals surface area contributed by atoms with Crippen molar-refractivity contribution >= 4 is 13.1 Å². The second-order valence-electron chi connectivity index (χ2n) is 7.56. The average Bonchev–Trinajstić information content (AvgIpc) is 2.76. The van der Waals surface area contributed by atoms with Gasteiger partial charge in [0.2, 0.25) is 0 Å². The van der Waals surface area contributed by atoms with Crippen molar-refractivity contribution in [1.29, 1.82) is 0 Å². The van der Waals surface area contributed by atoms with Gasteiger partial charge in [0.15, 0.2) is 11.6 Å². The minimum absolute atomic E-state index is 0.00785. The quantitative estimate of drug-likeness (QED) is 0.429. The number of benzene rings is 1. The van der Waals surface area contributed by atoms with Gasteiger partial charge in [-0.25, -0.2) is 13.2 Å². The van der Waals surface area contributed by atoms with Crippen LogP contribution in [0, 0.1) is 17.5 Å². The highest BCUT2D eigenvalue weighted by Crippen LogP contribution is 2.42. The number of halogens is 3. The van der Waals surface area contributed by atoms with Crippen LogP contribution >= 0.6 is 0 Å². The van der Waals surface area contributed by atoms with Crippen molar-refractivity contribution in [1.82, 2.24) is 0 Å². The summed E-state index contributed by atoms with van der Waals surface area (Å²) in [5.74, 6) is -4.06. The molecule has 26 heavy (non-hydrogen) atoms. The van der Waals surface area contributed by atoms with Crippen LogP contribution < -0.4 is 0 Å². The van der Waals surface area contributed by atoms with Crippen LogP contribution in [0.2, 0.25) is 5.82 Å². The number of esters is 1. The van der Waals surface area contributed by atoms with E-state index in [4.69, 9.17) is 9.31 Å². The molecule has 1 aromatic carbocycles. The molecule has 0 aromatic heterocycles. The van der Waals surface area contributed by atoms with Crippen molar-refractivity contribution < 1.29 is 32.0 Å². The maximum Gasteiger partial charge on any atom is 0.461 e. The second kappa shape index (κ2) is 7.60. The van der Waals surface area contributed by atoms with Crippen molar-refractivity contribution in [2.45, 2.75) is 64.0 Å². The Balaban J connectivity index is 2.25. The molecule has 1 heterocycles. The SMILES string of the molecule is COC(=O)CCC(Cc1cc(F)c(F)cc1F)B1OC(C)(C)C(C)(C)O1. The average molecular weight is 372 g/mol. The molecular formula is C18H24BF3O4. The zero-order valence-corrected chi connectivity index (χ0v) is 15.7. The van der Waals surface area contributed by atoms with Crippen LogP contribution in [0.3, 0.4) is 0 Å². The molecule has 1 aliphatic heterocycles. The predicted molar refractivity (Wildman–Crippen MR) is 91.1 cm³/mol. The van der Waals surface area contributed by atoms with Crippen molar-refractivity contribution in [3.63, 3.8) is 0 Å². The van der Waals surface area contributed by atoms with Gasteiger partial charge >= 0.3 is 13.1 Å². The Hall–Kier alpha value is -1.54. The number of methoxy groups -OCH3 is 1. The number of ether oxygens (including phenoxy) is 1. The Morgan fingerprint density at radius 1 is 1.08 bits per heavy atom. The fourth-order valence-electron chi connectivity index (χ4n) is 2.82. The molecule has 0 bridgehead atoms. The van der Waals surface area contributed by atoms with Crippen molar-refractivity contribution in [2.75, 3.05) is 7.11 Å². The number of hydrogen-bond acceptors (Lipinski definition) is 4. The van der Waals surface area contributed by atoms with Gasteiger partial charge in [-0.2, -0.15) is 0 Å². The summed E-state index contributed by atoms with van der Waals surface area (Å²) in [6, 6.07) is 1.35. The number of carbonyl (C=O) groups is 1. The summed E-state index contributed by atoms with van der Waals surface area (Å²) in [7, 11) is 0.568. The molecule has 4 nitrogen and oxygen atoms in total. The molecule has 2 rings (SSSR count). The molecule has 0 spiro atoms. The van der Waals surface area contributed by atoms with E-state index in [9.17, 15) is 18.0 Å². The summed E-state index contributed by atoms with van der Waals surface area (Å²) in [5.41, 5.74) is -1.20. The third kappa shape index (κ3) is 4.41. The molecule has 0 aliphatic carbocycles. The standard InChI is InChI=1S/C18H24BF3O4/c1-17(2)18(3,4)26-19(25-17)12(6-7-16(23)24-5)8-11-9-14(21)15(22)10-13(11)20/h9-10,12H,6-8H2,1-5H3. The molecule has 1 aromatic rings. The summed E-state index contributed by atoms with van der Waals surface area (Å²) in [6.45, 7) is 7.51. The van der Waals surface area contributed by atoms with Crippen molar-refractivity contribution in [3.05, 3.63) is 35.1 Å². The molecule has 1 unspecified atom stereocenters. The first kappa shape index (κ1) is 20.8. The van der Waals surface area contributed by atoms with Gasteiger partial charge in [0.1, 0.15) is 5.82 Å². The Morgan fingerprint density at radius 3 is 2.15 bits per heavy atom. The fraction of sp³-hybridized carbons (Fsp3) is 0.611. The fourth-order valence-corrected chi connectivity index (χ4v) is 2.82. The van der Waals surface area contributed by atoms with E-state index < -0.39 is 47.6 Å². The normalized spacial score (nSPS) is 19.5. The van der Waals surface area contributed by atoms with E-state index in [1.165, 1.54) is 7.11 Å². The van der Waals surface area contributed by atoms with Crippen LogP contribution in [-0.4, -0.2) is 31.4 Å². The maximum atomic E-state index is 14.1. The lowest BCUT2D eigenvalue weighted by Gasteiger charge is -2.32. The minimum atomic E-state index is -1.24. The van der Waals surface area contributed by atoms with E-state index in [1.54, 1.807) is 0 Å². The molecule has 144 valence electrons. The molecule has 1 saturated heterocycles. The van der Waals surface area contributed by atoms with Gasteiger partial charge in [-0.3, -0.25) is 4.79 Å². The number of carbonyl (C=O) groups excluding carboxylic acids is 1. The first-order valence-electron chi connectivity index (χ1n) is 8.52. The van der Waals surface area contributed by atoms with Crippen LogP contribution in [-0.2, 0) is 25.3 Å². The molecule has 0 N–H and O–H groups in total. The largest absolute Gasteiger partial charge is 0.469 e. The molecule has 1 aliphatic rings. The van der Waals surface area contributed by atoms with Gasteiger partial charge in [0.05, 0.1) is 18.3 Å². The van der Waals surface area contributed by atoms with Gasteiger partial charge in [0, 0.05) is 12.5 Å². The lowest BCUT2D eigenvalue weighted by Crippen LogP contribution is -2.41. The van der Waals surface area contributed by atoms with Crippen molar-refractivity contribution in [3.8, 4) is 0 Å². The summed E-state index contributed by atoms with van der Waals surface area (Å²) in [4.78, 5) is 11.5. The molecule has 1 atom stereocenters. The van der Waals surface area contributed by atoms with Gasteiger partial charge in [-0.1, -0.05) is 0 Å². The van der Waals surface area contributed by atoms with E-state index in [0.29, 0.717) is 12.5 Å². The lowest BCUT2D eigenvalue weighted by molar-refractivity contribution is -0.140. The van der Waals surface area contributed by atoms with Crippen LogP contribution in [0.5, 0.6) is 0 Å². The highest BCUT2D eigenvalue weighted by Gasteiger charge is 2.53. The minimum Gasteiger partial charge on any atom is -0.469 e. The number of hydrogen-bond donors (Lipinski definition) is 0. The highest BCUT2D eigenvalue weighted by molar-refractivity contribution is 6.47. The first-order valence-corrected chi connectivity index (χ1v) is 8.52. The first-order chi connectivity index (χ1) is 12.0. The zero-order chi connectivity index (χ0) is 19.7. The van der Waals surface area contributed by atoms with E-state index >= 15 is 0 Å². The van der Waals surface area contributed by atoms with Gasteiger partial charge in [-0.15, -0.1) is 0 Å².